The number of nitrogens with zero attached hydrogens (tertiary/aromatic N) is 2. The molecule has 0 saturated carbocycles. The molecule has 0 amide bonds. The van der Waals surface area contributed by atoms with Crippen LogP contribution in [0, 0.1) is 3.57 Å². The fraction of sp³-hybridized carbons (Fsp3) is 0.750. The van der Waals surface area contributed by atoms with E-state index < -0.39 is 8.32 Å². The Hall–Kier alpha value is 0.847. The van der Waals surface area contributed by atoms with Crippen LogP contribution in [-0.2, 0) is 15.4 Å². The third-order valence-corrected chi connectivity index (χ3v) is 9.67. The highest BCUT2D eigenvalue weighted by atomic mass is 127. The van der Waals surface area contributed by atoms with Gasteiger partial charge in [0.2, 0.25) is 0 Å². The smallest absolute Gasteiger partial charge is 0.192 e. The van der Waals surface area contributed by atoms with E-state index in [0.29, 0.717) is 0 Å². The zero-order valence-corrected chi connectivity index (χ0v) is 17.1. The summed E-state index contributed by atoms with van der Waals surface area (Å²) in [7, 11) is -1.62. The van der Waals surface area contributed by atoms with E-state index in [9.17, 15) is 0 Å². The van der Waals surface area contributed by atoms with Crippen LogP contribution < -0.4 is 0 Å². The molecule has 0 saturated heterocycles. The van der Waals surface area contributed by atoms with Crippen LogP contribution in [0.25, 0.3) is 0 Å². The minimum atomic E-state index is -1.62. The number of hydrogen-bond donors (Lipinski definition) is 0. The third kappa shape index (κ3) is 4.45. The first-order valence-electron chi connectivity index (χ1n) is 6.09. The summed E-state index contributed by atoms with van der Waals surface area (Å²) in [4.78, 5) is 0. The van der Waals surface area contributed by atoms with Crippen molar-refractivity contribution in [1.29, 1.82) is 0 Å². The van der Waals surface area contributed by atoms with E-state index in [1.807, 2.05) is 4.68 Å². The van der Waals surface area contributed by atoms with Crippen molar-refractivity contribution in [3.05, 3.63) is 15.5 Å². The van der Waals surface area contributed by atoms with Crippen LogP contribution in [0.4, 0.5) is 0 Å². The predicted molar refractivity (Wildman–Crippen MR) is 95.8 cm³/mol. The number of alkyl halides is 1. The van der Waals surface area contributed by atoms with Gasteiger partial charge < -0.3 is 4.43 Å². The molecule has 0 bridgehead atoms. The van der Waals surface area contributed by atoms with Crippen molar-refractivity contribution in [2.75, 3.05) is 6.61 Å². The van der Waals surface area contributed by atoms with E-state index >= 15 is 0 Å². The van der Waals surface area contributed by atoms with Crippen molar-refractivity contribution < 1.29 is 4.43 Å². The zero-order chi connectivity index (χ0) is 14.0. The van der Waals surface area contributed by atoms with E-state index in [1.165, 1.54) is 9.26 Å². The summed E-state index contributed by atoms with van der Waals surface area (Å²) < 4.78 is 10.4. The molecule has 104 valence electrons. The van der Waals surface area contributed by atoms with Gasteiger partial charge in [-0.3, -0.25) is 4.68 Å². The molecule has 0 aliphatic rings. The second kappa shape index (κ2) is 6.53. The Morgan fingerprint density at radius 1 is 1.39 bits per heavy atom. The van der Waals surface area contributed by atoms with Gasteiger partial charge in [-0.15, -0.1) is 0 Å². The number of aromatic nitrogens is 2. The summed E-state index contributed by atoms with van der Waals surface area (Å²) in [5.74, 6) is 0. The van der Waals surface area contributed by atoms with Crippen LogP contribution in [0.5, 0.6) is 0 Å². The first-order chi connectivity index (χ1) is 8.17. The Balaban J connectivity index is 2.51. The minimum absolute atomic E-state index is 0.277. The highest BCUT2D eigenvalue weighted by Crippen LogP contribution is 2.36. The SMILES string of the molecule is CC(C)(C)[Si](C)(C)OCCn1cc(I)c(CI)n1. The fourth-order valence-corrected chi connectivity index (χ4v) is 4.20. The molecule has 0 aromatic carbocycles. The quantitative estimate of drug-likeness (QED) is 0.346. The molecule has 6 heteroatoms. The second-order valence-corrected chi connectivity index (χ2v) is 12.7. The molecule has 0 fully saturated rings. The van der Waals surface area contributed by atoms with Crippen molar-refractivity contribution in [3.63, 3.8) is 0 Å². The Morgan fingerprint density at radius 3 is 2.44 bits per heavy atom. The number of hydrogen-bond acceptors (Lipinski definition) is 2. The van der Waals surface area contributed by atoms with E-state index in [1.54, 1.807) is 0 Å². The molecule has 0 spiro atoms. The van der Waals surface area contributed by atoms with Crippen molar-refractivity contribution in [2.45, 2.75) is 49.9 Å². The summed E-state index contributed by atoms with van der Waals surface area (Å²) in [5.41, 5.74) is 1.17. The van der Waals surface area contributed by atoms with Gasteiger partial charge in [-0.25, -0.2) is 0 Å². The molecule has 0 radical (unpaired) electrons. The first-order valence-corrected chi connectivity index (χ1v) is 11.6. The summed E-state index contributed by atoms with van der Waals surface area (Å²) in [6.45, 7) is 13.0. The Morgan fingerprint density at radius 2 is 2.00 bits per heavy atom. The lowest BCUT2D eigenvalue weighted by Crippen LogP contribution is -2.41. The van der Waals surface area contributed by atoms with Crippen molar-refractivity contribution >= 4 is 53.5 Å². The highest BCUT2D eigenvalue weighted by Gasteiger charge is 2.36. The second-order valence-electron chi connectivity index (χ2n) is 5.93. The van der Waals surface area contributed by atoms with E-state index in [-0.39, 0.29) is 5.04 Å². The van der Waals surface area contributed by atoms with Gasteiger partial charge in [0.1, 0.15) is 0 Å². The summed E-state index contributed by atoms with van der Waals surface area (Å²) in [6.07, 6.45) is 2.10. The molecule has 0 atom stereocenters. The highest BCUT2D eigenvalue weighted by molar-refractivity contribution is 14.1. The maximum atomic E-state index is 6.15. The topological polar surface area (TPSA) is 27.1 Å². The van der Waals surface area contributed by atoms with Gasteiger partial charge in [-0.05, 0) is 40.7 Å². The molecule has 0 unspecified atom stereocenters. The molecule has 18 heavy (non-hydrogen) atoms. The fourth-order valence-electron chi connectivity index (χ4n) is 1.25. The molecular formula is C12H22I2N2OSi. The van der Waals surface area contributed by atoms with E-state index in [2.05, 4.69) is 90.3 Å². The molecular weight excluding hydrogens is 470 g/mol. The monoisotopic (exact) mass is 492 g/mol. The summed E-state index contributed by atoms with van der Waals surface area (Å²) in [5, 5.41) is 4.82. The van der Waals surface area contributed by atoms with Gasteiger partial charge in [0.25, 0.3) is 0 Å². The van der Waals surface area contributed by atoms with Gasteiger partial charge in [-0.1, -0.05) is 43.4 Å². The van der Waals surface area contributed by atoms with Crippen molar-refractivity contribution in [3.8, 4) is 0 Å². The standard InChI is InChI=1S/C12H22I2N2OSi/c1-12(2,3)18(4,5)17-7-6-16-9-10(14)11(8-13)15-16/h9H,6-8H2,1-5H3. The molecule has 0 aliphatic heterocycles. The molecule has 1 rings (SSSR count). The first kappa shape index (κ1) is 16.9. The van der Waals surface area contributed by atoms with Crippen LogP contribution in [0.3, 0.4) is 0 Å². The van der Waals surface area contributed by atoms with Crippen LogP contribution >= 0.6 is 45.2 Å². The lowest BCUT2D eigenvalue weighted by molar-refractivity contribution is 0.266. The van der Waals surface area contributed by atoms with Gasteiger partial charge in [0, 0.05) is 10.6 Å². The van der Waals surface area contributed by atoms with Crippen LogP contribution in [0.1, 0.15) is 26.5 Å². The molecule has 3 nitrogen and oxygen atoms in total. The largest absolute Gasteiger partial charge is 0.415 e. The molecule has 0 N–H and O–H groups in total. The van der Waals surface area contributed by atoms with Crippen molar-refractivity contribution in [1.82, 2.24) is 9.78 Å². The average Bonchev–Trinajstić information content (AvgIpc) is 2.57. The summed E-state index contributed by atoms with van der Waals surface area (Å²) in [6, 6.07) is 0. The maximum absolute atomic E-state index is 6.15. The third-order valence-electron chi connectivity index (χ3n) is 3.50. The van der Waals surface area contributed by atoms with Crippen LogP contribution in [0.2, 0.25) is 18.1 Å². The van der Waals surface area contributed by atoms with Gasteiger partial charge >= 0.3 is 0 Å². The lowest BCUT2D eigenvalue weighted by atomic mass is 10.2. The molecule has 0 aliphatic carbocycles. The van der Waals surface area contributed by atoms with Crippen LogP contribution in [0.15, 0.2) is 6.20 Å². The Kier molecular flexibility index (Phi) is 6.13. The summed E-state index contributed by atoms with van der Waals surface area (Å²) >= 11 is 4.69. The van der Waals surface area contributed by atoms with Gasteiger partial charge in [0.15, 0.2) is 8.32 Å². The number of rotatable bonds is 5. The maximum Gasteiger partial charge on any atom is 0.192 e. The molecule has 1 aromatic rings. The number of halogens is 2. The zero-order valence-electron chi connectivity index (χ0n) is 11.8. The van der Waals surface area contributed by atoms with Gasteiger partial charge in [0.05, 0.1) is 22.4 Å². The van der Waals surface area contributed by atoms with Crippen molar-refractivity contribution in [2.24, 2.45) is 0 Å². The minimum Gasteiger partial charge on any atom is -0.415 e. The van der Waals surface area contributed by atoms with E-state index in [4.69, 9.17) is 4.43 Å². The van der Waals surface area contributed by atoms with Crippen LogP contribution in [-0.4, -0.2) is 24.7 Å². The Labute approximate surface area is 138 Å². The Bertz CT molecular complexity index is 399. The predicted octanol–water partition coefficient (Wildman–Crippen LogP) is 4.44. The lowest BCUT2D eigenvalue weighted by Gasteiger charge is -2.36. The molecule has 1 heterocycles. The van der Waals surface area contributed by atoms with Gasteiger partial charge in [-0.2, -0.15) is 5.10 Å². The normalized spacial score (nSPS) is 13.1. The van der Waals surface area contributed by atoms with E-state index in [0.717, 1.165) is 17.6 Å². The average molecular weight is 492 g/mol. The molecule has 1 aromatic heterocycles.